The average molecular weight is 279 g/mol. The lowest BCUT2D eigenvalue weighted by molar-refractivity contribution is -0.148. The van der Waals surface area contributed by atoms with Gasteiger partial charge in [-0.05, 0) is 19.1 Å². The average Bonchev–Trinajstić information content (AvgIpc) is 2.80. The first-order valence-electron chi connectivity index (χ1n) is 6.37. The molecule has 0 bridgehead atoms. The summed E-state index contributed by atoms with van der Waals surface area (Å²) in [7, 11) is 0. The molecule has 1 amide bonds. The van der Waals surface area contributed by atoms with Crippen LogP contribution in [0.25, 0.3) is 0 Å². The van der Waals surface area contributed by atoms with Crippen LogP contribution < -0.4 is 4.74 Å². The summed E-state index contributed by atoms with van der Waals surface area (Å²) in [6, 6.07) is 6.24. The summed E-state index contributed by atoms with van der Waals surface area (Å²) in [6.07, 6.45) is -0.731. The molecular formula is C14H17NO5. The summed E-state index contributed by atoms with van der Waals surface area (Å²) in [6.45, 7) is 1.74. The van der Waals surface area contributed by atoms with Crippen molar-refractivity contribution in [1.29, 1.82) is 0 Å². The molecule has 0 unspecified atom stereocenters. The molecule has 6 nitrogen and oxygen atoms in total. The molecule has 2 rings (SSSR count). The lowest BCUT2D eigenvalue weighted by Gasteiger charge is -2.21. The number of ether oxygens (including phenoxy) is 1. The number of hydrogen-bond acceptors (Lipinski definition) is 4. The number of aliphatic hydroxyl groups excluding tert-OH is 1. The van der Waals surface area contributed by atoms with E-state index in [9.17, 15) is 14.7 Å². The van der Waals surface area contributed by atoms with Crippen molar-refractivity contribution < 1.29 is 24.5 Å². The van der Waals surface area contributed by atoms with Crippen LogP contribution in [-0.4, -0.2) is 52.3 Å². The van der Waals surface area contributed by atoms with E-state index in [4.69, 9.17) is 9.84 Å². The summed E-state index contributed by atoms with van der Waals surface area (Å²) in [5, 5.41) is 18.5. The molecule has 1 aliphatic rings. The van der Waals surface area contributed by atoms with Crippen molar-refractivity contribution in [1.82, 2.24) is 4.90 Å². The van der Waals surface area contributed by atoms with Crippen LogP contribution in [0.4, 0.5) is 0 Å². The van der Waals surface area contributed by atoms with Crippen LogP contribution in [-0.2, 0) is 9.59 Å². The molecule has 0 saturated carbocycles. The normalized spacial score (nSPS) is 21.8. The fourth-order valence-electron chi connectivity index (χ4n) is 2.19. The Morgan fingerprint density at radius 3 is 2.60 bits per heavy atom. The molecule has 2 N–H and O–H groups in total. The number of β-amino-alcohol motifs (C(OH)–C–C–N with tert-alkyl or cyclic N) is 1. The van der Waals surface area contributed by atoms with E-state index in [1.54, 1.807) is 12.1 Å². The van der Waals surface area contributed by atoms with Crippen LogP contribution >= 0.6 is 0 Å². The van der Waals surface area contributed by atoms with Crippen LogP contribution in [0.5, 0.6) is 5.75 Å². The number of amides is 1. The molecule has 108 valence electrons. The number of carbonyl (C=O) groups is 2. The molecular weight excluding hydrogens is 262 g/mol. The van der Waals surface area contributed by atoms with Crippen LogP contribution in [0.15, 0.2) is 24.3 Å². The minimum absolute atomic E-state index is 0.0348. The maximum atomic E-state index is 12.0. The van der Waals surface area contributed by atoms with Gasteiger partial charge in [0.2, 0.25) is 0 Å². The molecule has 0 radical (unpaired) electrons. The predicted molar refractivity (Wildman–Crippen MR) is 70.4 cm³/mol. The Kier molecular flexibility index (Phi) is 4.24. The molecule has 1 aliphatic heterocycles. The number of carboxylic acid groups (broad SMARTS) is 1. The van der Waals surface area contributed by atoms with Crippen molar-refractivity contribution in [2.24, 2.45) is 0 Å². The van der Waals surface area contributed by atoms with Gasteiger partial charge < -0.3 is 19.8 Å². The zero-order chi connectivity index (χ0) is 14.7. The van der Waals surface area contributed by atoms with Gasteiger partial charge in [-0.15, -0.1) is 0 Å². The van der Waals surface area contributed by atoms with Gasteiger partial charge in [-0.3, -0.25) is 4.79 Å². The van der Waals surface area contributed by atoms with Gasteiger partial charge in [0.05, 0.1) is 6.10 Å². The first kappa shape index (κ1) is 14.3. The lowest BCUT2D eigenvalue weighted by atomic mass is 10.2. The van der Waals surface area contributed by atoms with E-state index in [2.05, 4.69) is 0 Å². The van der Waals surface area contributed by atoms with Gasteiger partial charge in [-0.1, -0.05) is 17.7 Å². The summed E-state index contributed by atoms with van der Waals surface area (Å²) < 4.78 is 5.33. The summed E-state index contributed by atoms with van der Waals surface area (Å²) in [5.74, 6) is -0.990. The van der Waals surface area contributed by atoms with Crippen LogP contribution in [0.3, 0.4) is 0 Å². The zero-order valence-corrected chi connectivity index (χ0v) is 11.2. The Hall–Kier alpha value is -2.08. The zero-order valence-electron chi connectivity index (χ0n) is 11.2. The SMILES string of the molecule is Cc1ccc(OCC(=O)N2C[C@@H](O)C[C@H]2C(=O)O)cc1. The Morgan fingerprint density at radius 2 is 2.00 bits per heavy atom. The second-order valence-electron chi connectivity index (χ2n) is 4.89. The van der Waals surface area contributed by atoms with E-state index in [1.165, 1.54) is 0 Å². The van der Waals surface area contributed by atoms with Crippen molar-refractivity contribution in [3.05, 3.63) is 29.8 Å². The number of hydrogen-bond donors (Lipinski definition) is 2. The Balaban J connectivity index is 1.94. The lowest BCUT2D eigenvalue weighted by Crippen LogP contribution is -2.42. The first-order valence-corrected chi connectivity index (χ1v) is 6.37. The van der Waals surface area contributed by atoms with Crippen LogP contribution in [0.2, 0.25) is 0 Å². The van der Waals surface area contributed by atoms with Crippen LogP contribution in [0.1, 0.15) is 12.0 Å². The molecule has 0 spiro atoms. The molecule has 0 aromatic heterocycles. The maximum Gasteiger partial charge on any atom is 0.326 e. The highest BCUT2D eigenvalue weighted by Gasteiger charge is 2.38. The molecule has 0 aliphatic carbocycles. The summed E-state index contributed by atoms with van der Waals surface area (Å²) >= 11 is 0. The van der Waals surface area contributed by atoms with E-state index in [0.717, 1.165) is 10.5 Å². The van der Waals surface area contributed by atoms with E-state index in [-0.39, 0.29) is 19.6 Å². The topological polar surface area (TPSA) is 87.1 Å². The largest absolute Gasteiger partial charge is 0.484 e. The fourth-order valence-corrected chi connectivity index (χ4v) is 2.19. The predicted octanol–water partition coefficient (Wildman–Crippen LogP) is 0.420. The van der Waals surface area contributed by atoms with Gasteiger partial charge in [0, 0.05) is 13.0 Å². The quantitative estimate of drug-likeness (QED) is 0.834. The number of carbonyl (C=O) groups excluding carboxylic acids is 1. The number of nitrogens with zero attached hydrogens (tertiary/aromatic N) is 1. The number of rotatable bonds is 4. The number of aryl methyl sites for hydroxylation is 1. The van der Waals surface area contributed by atoms with Crippen molar-refractivity contribution in [2.75, 3.05) is 13.2 Å². The number of benzene rings is 1. The monoisotopic (exact) mass is 279 g/mol. The van der Waals surface area contributed by atoms with E-state index < -0.39 is 24.0 Å². The summed E-state index contributed by atoms with van der Waals surface area (Å²) in [5.41, 5.74) is 1.08. The van der Waals surface area contributed by atoms with Gasteiger partial charge in [-0.25, -0.2) is 4.79 Å². The van der Waals surface area contributed by atoms with Crippen molar-refractivity contribution in [2.45, 2.75) is 25.5 Å². The third-order valence-electron chi connectivity index (χ3n) is 3.27. The third-order valence-corrected chi connectivity index (χ3v) is 3.27. The second kappa shape index (κ2) is 5.92. The molecule has 6 heteroatoms. The van der Waals surface area contributed by atoms with Crippen molar-refractivity contribution in [3.63, 3.8) is 0 Å². The molecule has 2 atom stereocenters. The molecule has 20 heavy (non-hydrogen) atoms. The molecule has 1 aromatic rings. The van der Waals surface area contributed by atoms with E-state index in [0.29, 0.717) is 5.75 Å². The Bertz CT molecular complexity index is 499. The van der Waals surface area contributed by atoms with Crippen molar-refractivity contribution >= 4 is 11.9 Å². The molecule has 1 saturated heterocycles. The second-order valence-corrected chi connectivity index (χ2v) is 4.89. The van der Waals surface area contributed by atoms with Gasteiger partial charge in [0.15, 0.2) is 6.61 Å². The highest BCUT2D eigenvalue weighted by Crippen LogP contribution is 2.19. The van der Waals surface area contributed by atoms with E-state index in [1.807, 2.05) is 19.1 Å². The smallest absolute Gasteiger partial charge is 0.326 e. The van der Waals surface area contributed by atoms with Crippen LogP contribution in [0, 0.1) is 6.92 Å². The molecule has 1 fully saturated rings. The van der Waals surface area contributed by atoms with Gasteiger partial charge in [-0.2, -0.15) is 0 Å². The van der Waals surface area contributed by atoms with Crippen molar-refractivity contribution in [3.8, 4) is 5.75 Å². The molecule has 1 heterocycles. The Labute approximate surface area is 116 Å². The Morgan fingerprint density at radius 1 is 1.35 bits per heavy atom. The highest BCUT2D eigenvalue weighted by atomic mass is 16.5. The summed E-state index contributed by atoms with van der Waals surface area (Å²) in [4.78, 5) is 24.2. The minimum Gasteiger partial charge on any atom is -0.484 e. The van der Waals surface area contributed by atoms with Gasteiger partial charge >= 0.3 is 5.97 Å². The van der Waals surface area contributed by atoms with Gasteiger partial charge in [0.1, 0.15) is 11.8 Å². The number of likely N-dealkylation sites (tertiary alicyclic amines) is 1. The fraction of sp³-hybridized carbons (Fsp3) is 0.429. The third kappa shape index (κ3) is 3.27. The van der Waals surface area contributed by atoms with Gasteiger partial charge in [0.25, 0.3) is 5.91 Å². The first-order chi connectivity index (χ1) is 9.47. The molecule has 1 aromatic carbocycles. The van der Waals surface area contributed by atoms with E-state index >= 15 is 0 Å². The minimum atomic E-state index is -1.11. The highest BCUT2D eigenvalue weighted by molar-refractivity contribution is 5.85. The standard InChI is InChI=1S/C14H17NO5/c1-9-2-4-11(5-3-9)20-8-13(17)15-7-10(16)6-12(15)14(18)19/h2-5,10,12,16H,6-8H2,1H3,(H,18,19)/t10-,12-/m0/s1. The number of aliphatic hydroxyl groups is 1. The number of aliphatic carboxylic acids is 1. The maximum absolute atomic E-state index is 12.0. The number of carboxylic acids is 1.